The number of hydrogen-bond donors (Lipinski definition) is 1. The molecule has 9 heteroatoms. The van der Waals surface area contributed by atoms with Gasteiger partial charge in [-0.15, -0.1) is 22.7 Å². The molecule has 1 N–H and O–H groups in total. The first-order chi connectivity index (χ1) is 13.6. The van der Waals surface area contributed by atoms with E-state index in [0.717, 1.165) is 9.88 Å². The Balaban J connectivity index is 1.71. The minimum Gasteiger partial charge on any atom is -0.495 e. The van der Waals surface area contributed by atoms with Crippen molar-refractivity contribution in [2.45, 2.75) is 13.5 Å². The van der Waals surface area contributed by atoms with Crippen LogP contribution in [0.2, 0.25) is 0 Å². The minimum atomic E-state index is -0.477. The number of ether oxygens (including phenoxy) is 1. The van der Waals surface area contributed by atoms with Crippen LogP contribution in [0.3, 0.4) is 0 Å². The van der Waals surface area contributed by atoms with E-state index in [-0.39, 0.29) is 12.5 Å². The topological polar surface area (TPSA) is 86.1 Å². The Bertz CT molecular complexity index is 1210. The highest BCUT2D eigenvalue weighted by Crippen LogP contribution is 2.31. The molecule has 0 spiro atoms. The quantitative estimate of drug-likeness (QED) is 0.542. The summed E-state index contributed by atoms with van der Waals surface area (Å²) in [5.74, 6) is 0.206. The molecule has 0 fully saturated rings. The van der Waals surface area contributed by atoms with Crippen molar-refractivity contribution in [3.8, 4) is 16.3 Å². The van der Waals surface area contributed by atoms with Crippen LogP contribution >= 0.6 is 22.7 Å². The lowest BCUT2D eigenvalue weighted by Crippen LogP contribution is -2.29. The maximum Gasteiger partial charge on any atom is 0.349 e. The van der Waals surface area contributed by atoms with E-state index in [1.54, 1.807) is 18.2 Å². The van der Waals surface area contributed by atoms with Crippen molar-refractivity contribution in [2.75, 3.05) is 12.4 Å². The fraction of sp³-hybridized carbons (Fsp3) is 0.158. The zero-order valence-electron chi connectivity index (χ0n) is 15.1. The number of methoxy groups -OCH3 is 1. The first-order valence-corrected chi connectivity index (χ1v) is 10.1. The summed E-state index contributed by atoms with van der Waals surface area (Å²) in [4.78, 5) is 35.6. The minimum absolute atomic E-state index is 0.160. The van der Waals surface area contributed by atoms with Crippen LogP contribution in [0.5, 0.6) is 5.75 Å². The molecule has 0 atom stereocenters. The monoisotopic (exact) mass is 412 g/mol. The smallest absolute Gasteiger partial charge is 0.349 e. The second kappa shape index (κ2) is 7.53. The van der Waals surface area contributed by atoms with Gasteiger partial charge in [-0.1, -0.05) is 18.2 Å². The van der Waals surface area contributed by atoms with Crippen molar-refractivity contribution in [2.24, 2.45) is 0 Å². The molecule has 0 radical (unpaired) electrons. The molecule has 0 aliphatic rings. The Morgan fingerprint density at radius 3 is 2.79 bits per heavy atom. The van der Waals surface area contributed by atoms with Gasteiger partial charge in [-0.3, -0.25) is 9.36 Å². The van der Waals surface area contributed by atoms with E-state index in [1.807, 2.05) is 30.5 Å². The van der Waals surface area contributed by atoms with E-state index in [4.69, 9.17) is 4.74 Å². The Labute approximate surface area is 168 Å². The van der Waals surface area contributed by atoms with Crippen molar-refractivity contribution >= 4 is 44.6 Å². The summed E-state index contributed by atoms with van der Waals surface area (Å²) in [6.07, 6.45) is 0. The van der Waals surface area contributed by atoms with Crippen molar-refractivity contribution in [1.29, 1.82) is 0 Å². The van der Waals surface area contributed by atoms with Crippen molar-refractivity contribution < 1.29 is 9.53 Å². The van der Waals surface area contributed by atoms with Crippen LogP contribution in [-0.2, 0) is 11.3 Å². The molecule has 0 saturated heterocycles. The fourth-order valence-corrected chi connectivity index (χ4v) is 4.48. The summed E-state index contributed by atoms with van der Waals surface area (Å²) in [5, 5.41) is 5.52. The van der Waals surface area contributed by atoms with Gasteiger partial charge in [0.15, 0.2) is 0 Å². The van der Waals surface area contributed by atoms with Crippen LogP contribution in [0.15, 0.2) is 46.6 Å². The number of fused-ring (bicyclic) bond motifs is 1. The highest BCUT2D eigenvalue weighted by molar-refractivity contribution is 7.18. The standard InChI is InChI=1S/C19H16N4O3S2/c1-11-20-17-16(14-8-5-9-27-14)22-19(25)23(18(17)28-11)10-15(24)21-12-6-3-4-7-13(12)26-2/h3-9H,10H2,1-2H3,(H,21,24). The number of nitrogens with zero attached hydrogens (tertiary/aromatic N) is 3. The van der Waals surface area contributed by atoms with Crippen LogP contribution in [0.1, 0.15) is 5.01 Å². The Hall–Kier alpha value is -3.04. The van der Waals surface area contributed by atoms with E-state index in [0.29, 0.717) is 27.5 Å². The molecule has 142 valence electrons. The molecule has 7 nitrogen and oxygen atoms in total. The molecule has 4 rings (SSSR count). The van der Waals surface area contributed by atoms with Gasteiger partial charge in [-0.25, -0.2) is 9.78 Å². The van der Waals surface area contributed by atoms with Gasteiger partial charge >= 0.3 is 5.69 Å². The third kappa shape index (κ3) is 3.41. The summed E-state index contributed by atoms with van der Waals surface area (Å²) in [7, 11) is 1.53. The largest absolute Gasteiger partial charge is 0.495 e. The number of aromatic nitrogens is 3. The lowest BCUT2D eigenvalue weighted by atomic mass is 10.3. The van der Waals surface area contributed by atoms with Crippen LogP contribution in [0.4, 0.5) is 5.69 Å². The van der Waals surface area contributed by atoms with Crippen molar-refractivity contribution in [3.05, 3.63) is 57.3 Å². The van der Waals surface area contributed by atoms with Crippen LogP contribution in [0.25, 0.3) is 20.9 Å². The van der Waals surface area contributed by atoms with Gasteiger partial charge in [-0.2, -0.15) is 4.98 Å². The molecule has 0 unspecified atom stereocenters. The van der Waals surface area contributed by atoms with Crippen LogP contribution in [0, 0.1) is 6.92 Å². The number of para-hydroxylation sites is 2. The molecule has 0 bridgehead atoms. The number of carbonyl (C=O) groups excluding carboxylic acids is 1. The fourth-order valence-electron chi connectivity index (χ4n) is 2.86. The van der Waals surface area contributed by atoms with Gasteiger partial charge in [0.25, 0.3) is 0 Å². The highest BCUT2D eigenvalue weighted by Gasteiger charge is 2.19. The number of carbonyl (C=O) groups is 1. The molecule has 0 aliphatic heterocycles. The number of nitrogens with one attached hydrogen (secondary N) is 1. The van der Waals surface area contributed by atoms with Gasteiger partial charge in [0.05, 0.1) is 22.7 Å². The molecule has 0 aliphatic carbocycles. The zero-order valence-corrected chi connectivity index (χ0v) is 16.8. The molecule has 3 heterocycles. The number of thiophene rings is 1. The van der Waals surface area contributed by atoms with E-state index < -0.39 is 5.69 Å². The number of thiazole rings is 1. The maximum absolute atomic E-state index is 12.7. The second-order valence-corrected chi connectivity index (χ2v) is 8.07. The molecular formula is C19H16N4O3S2. The molecule has 3 aromatic heterocycles. The summed E-state index contributed by atoms with van der Waals surface area (Å²) in [6, 6.07) is 10.9. The summed E-state index contributed by atoms with van der Waals surface area (Å²) in [5.41, 5.74) is 1.26. The van der Waals surface area contributed by atoms with E-state index in [1.165, 1.54) is 34.4 Å². The number of benzene rings is 1. The molecule has 1 amide bonds. The van der Waals surface area contributed by atoms with Gasteiger partial charge in [0.2, 0.25) is 5.91 Å². The predicted octanol–water partition coefficient (Wildman–Crippen LogP) is 3.54. The summed E-state index contributed by atoms with van der Waals surface area (Å²) < 4.78 is 6.61. The first-order valence-electron chi connectivity index (χ1n) is 8.41. The normalized spacial score (nSPS) is 10.9. The molecule has 0 saturated carbocycles. The number of aryl methyl sites for hydroxylation is 1. The first kappa shape index (κ1) is 18.3. The molecule has 4 aromatic rings. The van der Waals surface area contributed by atoms with Crippen molar-refractivity contribution in [3.63, 3.8) is 0 Å². The number of hydrogen-bond acceptors (Lipinski definition) is 7. The van der Waals surface area contributed by atoms with Crippen molar-refractivity contribution in [1.82, 2.24) is 14.5 Å². The maximum atomic E-state index is 12.7. The Morgan fingerprint density at radius 1 is 1.21 bits per heavy atom. The molecule has 28 heavy (non-hydrogen) atoms. The second-order valence-electron chi connectivity index (χ2n) is 5.94. The summed E-state index contributed by atoms with van der Waals surface area (Å²) in [6.45, 7) is 1.71. The summed E-state index contributed by atoms with van der Waals surface area (Å²) >= 11 is 2.87. The average molecular weight is 412 g/mol. The van der Waals surface area contributed by atoms with E-state index in [2.05, 4.69) is 15.3 Å². The zero-order chi connectivity index (χ0) is 19.7. The SMILES string of the molecule is COc1ccccc1NC(=O)Cn1c(=O)nc(-c2cccs2)c2nc(C)sc21. The predicted molar refractivity (Wildman–Crippen MR) is 111 cm³/mol. The lowest BCUT2D eigenvalue weighted by Gasteiger charge is -2.11. The Morgan fingerprint density at radius 2 is 2.04 bits per heavy atom. The van der Waals surface area contributed by atoms with Crippen LogP contribution in [-0.4, -0.2) is 27.6 Å². The van der Waals surface area contributed by atoms with E-state index >= 15 is 0 Å². The molecule has 1 aromatic carbocycles. The number of anilines is 1. The lowest BCUT2D eigenvalue weighted by molar-refractivity contribution is -0.116. The van der Waals surface area contributed by atoms with Gasteiger partial charge in [-0.05, 0) is 30.5 Å². The highest BCUT2D eigenvalue weighted by atomic mass is 32.1. The van der Waals surface area contributed by atoms with Gasteiger partial charge in [0, 0.05) is 0 Å². The van der Waals surface area contributed by atoms with Gasteiger partial charge < -0.3 is 10.1 Å². The Kier molecular flexibility index (Phi) is 4.93. The van der Waals surface area contributed by atoms with Crippen LogP contribution < -0.4 is 15.7 Å². The number of amides is 1. The average Bonchev–Trinajstić information content (AvgIpc) is 3.34. The number of rotatable bonds is 5. The third-order valence-electron chi connectivity index (χ3n) is 4.06. The van der Waals surface area contributed by atoms with E-state index in [9.17, 15) is 9.59 Å². The molecular weight excluding hydrogens is 396 g/mol. The third-order valence-corrected chi connectivity index (χ3v) is 5.93. The van der Waals surface area contributed by atoms with Gasteiger partial charge in [0.1, 0.15) is 28.3 Å².